The van der Waals surface area contributed by atoms with Gasteiger partial charge in [0.05, 0.1) is 29.8 Å². The van der Waals surface area contributed by atoms with Crippen LogP contribution in [0.2, 0.25) is 5.02 Å². The number of hydrogen-bond donors (Lipinski definition) is 2. The lowest BCUT2D eigenvalue weighted by Crippen LogP contribution is -2.16. The van der Waals surface area contributed by atoms with Crippen LogP contribution in [0.5, 0.6) is 11.5 Å². The van der Waals surface area contributed by atoms with Crippen molar-refractivity contribution in [1.29, 1.82) is 0 Å². The first kappa shape index (κ1) is 23.4. The van der Waals surface area contributed by atoms with Crippen molar-refractivity contribution in [3.8, 4) is 11.5 Å². The lowest BCUT2D eigenvalue weighted by Gasteiger charge is -2.15. The minimum absolute atomic E-state index is 0.0225. The summed E-state index contributed by atoms with van der Waals surface area (Å²) in [6, 6.07) is 14.4. The molecule has 0 bridgehead atoms. The number of halogens is 1. The van der Waals surface area contributed by atoms with E-state index in [9.17, 15) is 13.2 Å². The Kier molecular flexibility index (Phi) is 6.96. The molecule has 0 atom stereocenters. The molecule has 0 heterocycles. The van der Waals surface area contributed by atoms with Crippen LogP contribution in [0.3, 0.4) is 0 Å². The Labute approximate surface area is 192 Å². The van der Waals surface area contributed by atoms with Gasteiger partial charge in [-0.2, -0.15) is 0 Å². The van der Waals surface area contributed by atoms with Crippen molar-refractivity contribution in [1.82, 2.24) is 0 Å². The minimum Gasteiger partial charge on any atom is -0.496 e. The highest BCUT2D eigenvalue weighted by Gasteiger charge is 2.20. The Morgan fingerprint density at radius 3 is 2.16 bits per heavy atom. The molecule has 0 unspecified atom stereocenters. The van der Waals surface area contributed by atoms with Gasteiger partial charge in [-0.15, -0.1) is 0 Å². The molecular weight excluding hydrogens is 452 g/mol. The van der Waals surface area contributed by atoms with Crippen LogP contribution in [0.15, 0.2) is 59.5 Å². The summed E-state index contributed by atoms with van der Waals surface area (Å²) in [6.07, 6.45) is 0. The molecule has 0 aliphatic heterocycles. The molecule has 0 aliphatic carbocycles. The fraction of sp³-hybridized carbons (Fsp3) is 0.174. The largest absolute Gasteiger partial charge is 0.496 e. The molecule has 0 spiro atoms. The number of methoxy groups -OCH3 is 2. The Morgan fingerprint density at radius 2 is 1.56 bits per heavy atom. The fourth-order valence-corrected chi connectivity index (χ4v) is 4.72. The molecule has 9 heteroatoms. The maximum absolute atomic E-state index is 13.0. The van der Waals surface area contributed by atoms with Gasteiger partial charge >= 0.3 is 0 Å². The van der Waals surface area contributed by atoms with Crippen LogP contribution in [-0.4, -0.2) is 28.5 Å². The lowest BCUT2D eigenvalue weighted by molar-refractivity contribution is 0.102. The monoisotopic (exact) mass is 474 g/mol. The number of amides is 1. The average molecular weight is 475 g/mol. The average Bonchev–Trinajstić information content (AvgIpc) is 2.76. The van der Waals surface area contributed by atoms with E-state index in [1.54, 1.807) is 55.5 Å². The molecular formula is C23H23ClN2O5S. The van der Waals surface area contributed by atoms with E-state index in [2.05, 4.69) is 10.0 Å². The number of carbonyl (C=O) groups excluding carboxylic acids is 1. The summed E-state index contributed by atoms with van der Waals surface area (Å²) in [7, 11) is -0.929. The van der Waals surface area contributed by atoms with Crippen LogP contribution in [0.4, 0.5) is 11.4 Å². The highest BCUT2D eigenvalue weighted by atomic mass is 35.5. The first-order chi connectivity index (χ1) is 15.2. The summed E-state index contributed by atoms with van der Waals surface area (Å²) in [4.78, 5) is 12.9. The molecule has 0 aliphatic rings. The number of carbonyl (C=O) groups is 1. The summed E-state index contributed by atoms with van der Waals surface area (Å²) < 4.78 is 39.1. The van der Waals surface area contributed by atoms with E-state index in [4.69, 9.17) is 21.1 Å². The summed E-state index contributed by atoms with van der Waals surface area (Å²) in [5.74, 6) is 0.573. The molecule has 0 saturated carbocycles. The molecule has 7 nitrogen and oxygen atoms in total. The number of benzene rings is 3. The van der Waals surface area contributed by atoms with E-state index in [0.29, 0.717) is 28.3 Å². The number of sulfonamides is 1. The Bertz CT molecular complexity index is 1250. The predicted molar refractivity (Wildman–Crippen MR) is 126 cm³/mol. The molecule has 32 heavy (non-hydrogen) atoms. The summed E-state index contributed by atoms with van der Waals surface area (Å²) in [5, 5.41) is 3.01. The molecule has 2 N–H and O–H groups in total. The van der Waals surface area contributed by atoms with Crippen molar-refractivity contribution in [3.63, 3.8) is 0 Å². The van der Waals surface area contributed by atoms with Gasteiger partial charge in [0.15, 0.2) is 0 Å². The first-order valence-corrected chi connectivity index (χ1v) is 11.4. The molecule has 0 fully saturated rings. The van der Waals surface area contributed by atoms with Crippen LogP contribution in [0, 0.1) is 13.8 Å². The van der Waals surface area contributed by atoms with Gasteiger partial charge in [0.1, 0.15) is 11.5 Å². The zero-order valence-corrected chi connectivity index (χ0v) is 19.6. The van der Waals surface area contributed by atoms with E-state index in [1.807, 2.05) is 6.92 Å². The van der Waals surface area contributed by atoms with E-state index < -0.39 is 15.9 Å². The Morgan fingerprint density at radius 1 is 0.938 bits per heavy atom. The second-order valence-corrected chi connectivity index (χ2v) is 9.08. The van der Waals surface area contributed by atoms with E-state index in [0.717, 1.165) is 5.56 Å². The number of ether oxygens (including phenoxy) is 2. The van der Waals surface area contributed by atoms with Gasteiger partial charge in [-0.05, 0) is 55.8 Å². The Balaban J connectivity index is 1.91. The SMILES string of the molecule is COc1cc(C(=O)Nc2ccc(C)c(S(=O)(=O)Nc3ccccc3Cl)c2)cc(OC)c1C. The van der Waals surface area contributed by atoms with E-state index in [-0.39, 0.29) is 15.6 Å². The van der Waals surface area contributed by atoms with Gasteiger partial charge in [-0.3, -0.25) is 9.52 Å². The van der Waals surface area contributed by atoms with Crippen LogP contribution in [0.1, 0.15) is 21.5 Å². The zero-order chi connectivity index (χ0) is 23.5. The number of nitrogens with one attached hydrogen (secondary N) is 2. The second kappa shape index (κ2) is 9.50. The number of hydrogen-bond acceptors (Lipinski definition) is 5. The second-order valence-electron chi connectivity index (χ2n) is 7.03. The Hall–Kier alpha value is -3.23. The van der Waals surface area contributed by atoms with Crippen molar-refractivity contribution >= 4 is 38.9 Å². The number of anilines is 2. The van der Waals surface area contributed by atoms with Gasteiger partial charge in [-0.25, -0.2) is 8.42 Å². The number of rotatable bonds is 7. The van der Waals surface area contributed by atoms with Crippen molar-refractivity contribution in [2.75, 3.05) is 24.3 Å². The third kappa shape index (κ3) is 4.98. The number of para-hydroxylation sites is 1. The molecule has 3 rings (SSSR count). The minimum atomic E-state index is -3.94. The highest BCUT2D eigenvalue weighted by molar-refractivity contribution is 7.92. The summed E-state index contributed by atoms with van der Waals surface area (Å²) >= 11 is 6.08. The van der Waals surface area contributed by atoms with Gasteiger partial charge in [0, 0.05) is 16.8 Å². The predicted octanol–water partition coefficient (Wildman–Crippen LogP) is 5.03. The zero-order valence-electron chi connectivity index (χ0n) is 18.0. The normalized spacial score (nSPS) is 11.0. The van der Waals surface area contributed by atoms with Crippen molar-refractivity contribution in [3.05, 3.63) is 76.3 Å². The van der Waals surface area contributed by atoms with Gasteiger partial charge in [-0.1, -0.05) is 29.8 Å². The van der Waals surface area contributed by atoms with E-state index >= 15 is 0 Å². The molecule has 3 aromatic carbocycles. The molecule has 3 aromatic rings. The smallest absolute Gasteiger partial charge is 0.262 e. The summed E-state index contributed by atoms with van der Waals surface area (Å²) in [5.41, 5.74) is 2.17. The first-order valence-electron chi connectivity index (χ1n) is 9.58. The lowest BCUT2D eigenvalue weighted by atomic mass is 10.1. The highest BCUT2D eigenvalue weighted by Crippen LogP contribution is 2.30. The standard InChI is InChI=1S/C23H23ClN2O5S/c1-14-9-10-17(13-22(14)32(28,29)26-19-8-6-5-7-18(19)24)25-23(27)16-11-20(30-3)15(2)21(12-16)31-4/h5-13,26H,1-4H3,(H,25,27). The van der Waals surface area contributed by atoms with Gasteiger partial charge < -0.3 is 14.8 Å². The van der Waals surface area contributed by atoms with Crippen LogP contribution in [-0.2, 0) is 10.0 Å². The number of aryl methyl sites for hydroxylation is 1. The van der Waals surface area contributed by atoms with Crippen molar-refractivity contribution < 1.29 is 22.7 Å². The van der Waals surface area contributed by atoms with E-state index in [1.165, 1.54) is 20.3 Å². The molecule has 1 amide bonds. The quantitative estimate of drug-likeness (QED) is 0.501. The van der Waals surface area contributed by atoms with Crippen molar-refractivity contribution in [2.45, 2.75) is 18.7 Å². The van der Waals surface area contributed by atoms with Crippen LogP contribution < -0.4 is 19.5 Å². The fourth-order valence-electron chi connectivity index (χ4n) is 3.13. The maximum Gasteiger partial charge on any atom is 0.262 e. The molecule has 0 saturated heterocycles. The molecule has 0 radical (unpaired) electrons. The molecule has 168 valence electrons. The summed E-state index contributed by atoms with van der Waals surface area (Å²) in [6.45, 7) is 3.49. The van der Waals surface area contributed by atoms with Crippen LogP contribution >= 0.6 is 11.6 Å². The topological polar surface area (TPSA) is 93.7 Å². The molecule has 0 aromatic heterocycles. The maximum atomic E-state index is 13.0. The third-order valence-electron chi connectivity index (χ3n) is 4.87. The van der Waals surface area contributed by atoms with Crippen molar-refractivity contribution in [2.24, 2.45) is 0 Å². The van der Waals surface area contributed by atoms with Gasteiger partial charge in [0.2, 0.25) is 0 Å². The third-order valence-corrected chi connectivity index (χ3v) is 6.71. The van der Waals surface area contributed by atoms with Crippen LogP contribution in [0.25, 0.3) is 0 Å². The van der Waals surface area contributed by atoms with Gasteiger partial charge in [0.25, 0.3) is 15.9 Å².